The van der Waals surface area contributed by atoms with Crippen LogP contribution >= 0.6 is 22.9 Å². The maximum Gasteiger partial charge on any atom is 0.357 e. The largest absolute Gasteiger partial charge is 0.461 e. The second-order valence-electron chi connectivity index (χ2n) is 5.79. The van der Waals surface area contributed by atoms with E-state index in [0.29, 0.717) is 35.3 Å². The zero-order valence-corrected chi connectivity index (χ0v) is 16.6. The van der Waals surface area contributed by atoms with Crippen molar-refractivity contribution in [3.8, 4) is 0 Å². The fourth-order valence-electron chi connectivity index (χ4n) is 2.45. The van der Waals surface area contributed by atoms with Crippen molar-refractivity contribution >= 4 is 34.8 Å². The van der Waals surface area contributed by atoms with Crippen LogP contribution in [0.1, 0.15) is 59.0 Å². The number of rotatable bonds is 9. The third kappa shape index (κ3) is 5.81. The van der Waals surface area contributed by atoms with Gasteiger partial charge in [0.2, 0.25) is 0 Å². The molecule has 0 atom stereocenters. The maximum atomic E-state index is 12.9. The van der Waals surface area contributed by atoms with Gasteiger partial charge in [-0.3, -0.25) is 4.79 Å². The molecule has 140 valence electrons. The van der Waals surface area contributed by atoms with Gasteiger partial charge in [0.15, 0.2) is 5.69 Å². The van der Waals surface area contributed by atoms with Gasteiger partial charge in [-0.15, -0.1) is 11.3 Å². The number of esters is 1. The lowest BCUT2D eigenvalue weighted by atomic mass is 10.2. The van der Waals surface area contributed by atoms with E-state index < -0.39 is 5.97 Å². The molecule has 0 saturated carbocycles. The van der Waals surface area contributed by atoms with Crippen molar-refractivity contribution in [1.29, 1.82) is 0 Å². The lowest BCUT2D eigenvalue weighted by Crippen LogP contribution is -2.31. The Bertz CT molecular complexity index is 748. The van der Waals surface area contributed by atoms with E-state index in [9.17, 15) is 9.59 Å². The number of carbonyl (C=O) groups is 2. The highest BCUT2D eigenvalue weighted by Gasteiger charge is 2.19. The maximum absolute atomic E-state index is 12.9. The Kier molecular flexibility index (Phi) is 8.06. The summed E-state index contributed by atoms with van der Waals surface area (Å²) in [5, 5.41) is 2.91. The summed E-state index contributed by atoms with van der Waals surface area (Å²) in [5.74, 6) is -0.523. The molecular weight excluding hydrogens is 372 g/mol. The van der Waals surface area contributed by atoms with Crippen LogP contribution < -0.4 is 0 Å². The highest BCUT2D eigenvalue weighted by molar-refractivity contribution is 7.09. The molecule has 0 aliphatic carbocycles. The Hall–Kier alpha value is -1.92. The first-order valence-electron chi connectivity index (χ1n) is 8.71. The fraction of sp³-hybridized carbons (Fsp3) is 0.421. The van der Waals surface area contributed by atoms with Gasteiger partial charge >= 0.3 is 5.97 Å². The van der Waals surface area contributed by atoms with E-state index in [1.807, 2.05) is 0 Å². The smallest absolute Gasteiger partial charge is 0.357 e. The predicted molar refractivity (Wildman–Crippen MR) is 104 cm³/mol. The Labute approximate surface area is 162 Å². The van der Waals surface area contributed by atoms with Gasteiger partial charge in [-0.1, -0.05) is 37.4 Å². The van der Waals surface area contributed by atoms with E-state index in [1.54, 1.807) is 41.5 Å². The van der Waals surface area contributed by atoms with Gasteiger partial charge in [-0.05, 0) is 31.5 Å². The van der Waals surface area contributed by atoms with Crippen molar-refractivity contribution in [3.63, 3.8) is 0 Å². The van der Waals surface area contributed by atoms with Crippen LogP contribution in [0.15, 0.2) is 29.6 Å². The molecule has 26 heavy (non-hydrogen) atoms. The highest BCUT2D eigenvalue weighted by atomic mass is 35.5. The number of aromatic nitrogens is 1. The van der Waals surface area contributed by atoms with Crippen LogP contribution in [-0.2, 0) is 11.3 Å². The molecule has 2 rings (SSSR count). The lowest BCUT2D eigenvalue weighted by Gasteiger charge is -2.22. The topological polar surface area (TPSA) is 59.5 Å². The van der Waals surface area contributed by atoms with E-state index in [0.717, 1.165) is 19.3 Å². The second kappa shape index (κ2) is 10.3. The van der Waals surface area contributed by atoms with E-state index in [1.165, 1.54) is 11.3 Å². The lowest BCUT2D eigenvalue weighted by molar-refractivity contribution is 0.0520. The molecule has 0 bridgehead atoms. The normalized spacial score (nSPS) is 10.6. The van der Waals surface area contributed by atoms with E-state index in [-0.39, 0.29) is 11.6 Å². The molecule has 0 unspecified atom stereocenters. The van der Waals surface area contributed by atoms with Crippen molar-refractivity contribution < 1.29 is 14.3 Å². The number of thiazole rings is 1. The SMILES string of the molecule is CCCCCN(Cc1nc(C(=O)OCC)cs1)C(=O)c1cccc(Cl)c1. The van der Waals surface area contributed by atoms with Gasteiger partial charge in [-0.25, -0.2) is 9.78 Å². The van der Waals surface area contributed by atoms with Gasteiger partial charge in [0.1, 0.15) is 5.01 Å². The van der Waals surface area contributed by atoms with Crippen molar-refractivity contribution in [2.75, 3.05) is 13.2 Å². The first-order valence-corrected chi connectivity index (χ1v) is 9.97. The van der Waals surface area contributed by atoms with Crippen LogP contribution in [0.3, 0.4) is 0 Å². The second-order valence-corrected chi connectivity index (χ2v) is 7.17. The molecule has 1 heterocycles. The Morgan fingerprint density at radius 3 is 2.77 bits per heavy atom. The summed E-state index contributed by atoms with van der Waals surface area (Å²) in [6.45, 7) is 5.18. The molecule has 0 spiro atoms. The fourth-order valence-corrected chi connectivity index (χ4v) is 3.42. The molecular formula is C19H23ClN2O3S. The number of ether oxygens (including phenoxy) is 1. The third-order valence-corrected chi connectivity index (χ3v) is 4.82. The average molecular weight is 395 g/mol. The van der Waals surface area contributed by atoms with Crippen LogP contribution in [-0.4, -0.2) is 34.9 Å². The molecule has 1 amide bonds. The van der Waals surface area contributed by atoms with Crippen molar-refractivity contribution in [3.05, 3.63) is 50.9 Å². The van der Waals surface area contributed by atoms with Crippen LogP contribution in [0.25, 0.3) is 0 Å². The minimum atomic E-state index is -0.436. The predicted octanol–water partition coefficient (Wildman–Crippen LogP) is 4.81. The third-order valence-electron chi connectivity index (χ3n) is 3.75. The molecule has 0 aliphatic heterocycles. The number of unbranched alkanes of at least 4 members (excludes halogenated alkanes) is 2. The van der Waals surface area contributed by atoms with Crippen molar-refractivity contribution in [2.45, 2.75) is 39.7 Å². The van der Waals surface area contributed by atoms with Crippen LogP contribution in [0, 0.1) is 0 Å². The first-order chi connectivity index (χ1) is 12.5. The zero-order chi connectivity index (χ0) is 18.9. The Morgan fingerprint density at radius 2 is 2.08 bits per heavy atom. The zero-order valence-electron chi connectivity index (χ0n) is 15.0. The van der Waals surface area contributed by atoms with E-state index in [4.69, 9.17) is 16.3 Å². The molecule has 0 aliphatic rings. The minimum absolute atomic E-state index is 0.0866. The minimum Gasteiger partial charge on any atom is -0.461 e. The summed E-state index contributed by atoms with van der Waals surface area (Å²) in [5.41, 5.74) is 0.840. The number of amides is 1. The Balaban J connectivity index is 2.14. The molecule has 0 fully saturated rings. The summed E-state index contributed by atoms with van der Waals surface area (Å²) in [6, 6.07) is 6.93. The van der Waals surface area contributed by atoms with Gasteiger partial charge in [0, 0.05) is 22.5 Å². The summed E-state index contributed by atoms with van der Waals surface area (Å²) in [4.78, 5) is 30.7. The number of carbonyl (C=O) groups excluding carboxylic acids is 2. The molecule has 2 aromatic rings. The number of hydrogen-bond donors (Lipinski definition) is 0. The van der Waals surface area contributed by atoms with Gasteiger partial charge in [-0.2, -0.15) is 0 Å². The van der Waals surface area contributed by atoms with Crippen LogP contribution in [0.2, 0.25) is 5.02 Å². The summed E-state index contributed by atoms with van der Waals surface area (Å²) >= 11 is 7.37. The molecule has 7 heteroatoms. The van der Waals surface area contributed by atoms with Crippen LogP contribution in [0.4, 0.5) is 0 Å². The number of hydrogen-bond acceptors (Lipinski definition) is 5. The summed E-state index contributed by atoms with van der Waals surface area (Å²) in [6.07, 6.45) is 3.04. The number of halogens is 1. The monoisotopic (exact) mass is 394 g/mol. The van der Waals surface area contributed by atoms with Gasteiger partial charge in [0.05, 0.1) is 13.2 Å². The first kappa shape index (κ1) is 20.4. The molecule has 0 N–H and O–H groups in total. The quantitative estimate of drug-likeness (QED) is 0.452. The molecule has 0 radical (unpaired) electrons. The van der Waals surface area contributed by atoms with Gasteiger partial charge < -0.3 is 9.64 Å². The molecule has 1 aromatic carbocycles. The van der Waals surface area contributed by atoms with Crippen molar-refractivity contribution in [2.24, 2.45) is 0 Å². The highest BCUT2D eigenvalue weighted by Crippen LogP contribution is 2.18. The van der Waals surface area contributed by atoms with Crippen LogP contribution in [0.5, 0.6) is 0 Å². The summed E-state index contributed by atoms with van der Waals surface area (Å²) in [7, 11) is 0. The Morgan fingerprint density at radius 1 is 1.27 bits per heavy atom. The molecule has 5 nitrogen and oxygen atoms in total. The van der Waals surface area contributed by atoms with E-state index >= 15 is 0 Å². The standard InChI is InChI=1S/C19H23ClN2O3S/c1-3-5-6-10-22(18(23)14-8-7-9-15(20)11-14)12-17-21-16(13-26-17)19(24)25-4-2/h7-9,11,13H,3-6,10,12H2,1-2H3. The average Bonchev–Trinajstić information content (AvgIpc) is 3.09. The molecule has 0 saturated heterocycles. The summed E-state index contributed by atoms with van der Waals surface area (Å²) < 4.78 is 4.97. The van der Waals surface area contributed by atoms with Gasteiger partial charge in [0.25, 0.3) is 5.91 Å². The molecule has 1 aromatic heterocycles. The van der Waals surface area contributed by atoms with Crippen molar-refractivity contribution in [1.82, 2.24) is 9.88 Å². The number of nitrogens with zero attached hydrogens (tertiary/aromatic N) is 2. The number of benzene rings is 1. The van der Waals surface area contributed by atoms with E-state index in [2.05, 4.69) is 11.9 Å².